The molecule has 2 heterocycles. The number of benzene rings is 3. The predicted octanol–water partition coefficient (Wildman–Crippen LogP) is 6.64. The number of carbonyl (C=O) groups is 1. The van der Waals surface area contributed by atoms with Crippen molar-refractivity contribution in [3.63, 3.8) is 0 Å². The molecular weight excluding hydrogens is 421 g/mol. The number of nitrogens with one attached hydrogen (secondary N) is 1. The van der Waals surface area contributed by atoms with E-state index in [-0.39, 0.29) is 11.6 Å². The molecule has 0 unspecified atom stereocenters. The maximum absolute atomic E-state index is 13.1. The third kappa shape index (κ3) is 3.12. The first-order valence-corrected chi connectivity index (χ1v) is 10.0. The monoisotopic (exact) mass is 435 g/mol. The Morgan fingerprint density at radius 1 is 1.03 bits per heavy atom. The fourth-order valence-corrected chi connectivity index (χ4v) is 3.93. The molecule has 5 rings (SSSR count). The Morgan fingerprint density at radius 3 is 2.60 bits per heavy atom. The number of halogens is 2. The number of furan rings is 1. The molecule has 5 aromatic rings. The zero-order valence-electron chi connectivity index (χ0n) is 15.8. The van der Waals surface area contributed by atoms with E-state index in [4.69, 9.17) is 27.6 Å². The molecule has 3 aromatic carbocycles. The first-order chi connectivity index (χ1) is 14.5. The lowest BCUT2D eigenvalue weighted by Gasteiger charge is -2.06. The molecule has 30 heavy (non-hydrogen) atoms. The van der Waals surface area contributed by atoms with Gasteiger partial charge in [0, 0.05) is 16.1 Å². The summed E-state index contributed by atoms with van der Waals surface area (Å²) in [5, 5.41) is 9.20. The van der Waals surface area contributed by atoms with E-state index in [9.17, 15) is 4.79 Å². The largest absolute Gasteiger partial charge is 0.452 e. The number of anilines is 1. The van der Waals surface area contributed by atoms with Crippen LogP contribution in [0.15, 0.2) is 71.1 Å². The third-order valence-electron chi connectivity index (χ3n) is 4.83. The van der Waals surface area contributed by atoms with Gasteiger partial charge in [0.15, 0.2) is 11.3 Å². The van der Waals surface area contributed by atoms with Crippen LogP contribution in [-0.2, 0) is 0 Å². The average molecular weight is 436 g/mol. The van der Waals surface area contributed by atoms with E-state index in [0.717, 1.165) is 10.9 Å². The summed E-state index contributed by atoms with van der Waals surface area (Å²) in [6.45, 7) is 1.98. The molecule has 1 amide bonds. The summed E-state index contributed by atoms with van der Waals surface area (Å²) in [6.07, 6.45) is 0. The molecule has 0 aliphatic heterocycles. The standard InChI is InChI=1S/C23H15Cl2N3O2/c1-13-7-9-16-19(11-13)30-22-20(23(29)26-15-5-3-2-4-6-15)27-28(21(16)22)18-10-8-14(24)12-17(18)25/h2-12H,1H3,(H,26,29). The maximum Gasteiger partial charge on any atom is 0.280 e. The summed E-state index contributed by atoms with van der Waals surface area (Å²) in [5.41, 5.74) is 4.25. The number of aryl methyl sites for hydroxylation is 1. The SMILES string of the molecule is Cc1ccc2c(c1)oc1c(C(=O)Nc3ccccc3)nn(-c3ccc(Cl)cc3Cl)c12. The molecule has 0 atom stereocenters. The van der Waals surface area contributed by atoms with Gasteiger partial charge in [-0.1, -0.05) is 47.5 Å². The summed E-state index contributed by atoms with van der Waals surface area (Å²) < 4.78 is 7.71. The minimum atomic E-state index is -0.370. The normalized spacial score (nSPS) is 11.3. The molecule has 148 valence electrons. The fourth-order valence-electron chi connectivity index (χ4n) is 3.44. The second kappa shape index (κ2) is 7.20. The minimum absolute atomic E-state index is 0.175. The second-order valence-corrected chi connectivity index (χ2v) is 7.80. The molecule has 2 aromatic heterocycles. The molecule has 1 N–H and O–H groups in total. The van der Waals surface area contributed by atoms with Crippen molar-refractivity contribution in [3.05, 3.63) is 88.0 Å². The Labute approximate surface area is 181 Å². The van der Waals surface area contributed by atoms with E-state index in [0.29, 0.717) is 38.1 Å². The van der Waals surface area contributed by atoms with Gasteiger partial charge in [0.05, 0.1) is 10.7 Å². The summed E-state index contributed by atoms with van der Waals surface area (Å²) in [6, 6.07) is 20.2. The van der Waals surface area contributed by atoms with E-state index in [1.165, 1.54) is 0 Å². The average Bonchev–Trinajstić information content (AvgIpc) is 3.25. The Kier molecular flexibility index (Phi) is 4.50. The number of hydrogen-bond donors (Lipinski definition) is 1. The molecule has 5 nitrogen and oxygen atoms in total. The molecule has 0 saturated heterocycles. The van der Waals surface area contributed by atoms with Gasteiger partial charge in [0.2, 0.25) is 0 Å². The van der Waals surface area contributed by atoms with Crippen molar-refractivity contribution in [2.24, 2.45) is 0 Å². The summed E-state index contributed by atoms with van der Waals surface area (Å²) in [4.78, 5) is 13.1. The summed E-state index contributed by atoms with van der Waals surface area (Å²) >= 11 is 12.5. The number of fused-ring (bicyclic) bond motifs is 3. The van der Waals surface area contributed by atoms with Crippen LogP contribution in [-0.4, -0.2) is 15.7 Å². The van der Waals surface area contributed by atoms with Gasteiger partial charge in [-0.05, 0) is 55.0 Å². The molecule has 7 heteroatoms. The number of hydrogen-bond acceptors (Lipinski definition) is 3. The summed E-state index contributed by atoms with van der Waals surface area (Å²) in [7, 11) is 0. The van der Waals surface area contributed by atoms with Crippen LogP contribution < -0.4 is 5.32 Å². The maximum atomic E-state index is 13.1. The van der Waals surface area contributed by atoms with Gasteiger partial charge in [-0.25, -0.2) is 4.68 Å². The highest BCUT2D eigenvalue weighted by atomic mass is 35.5. The lowest BCUT2D eigenvalue weighted by atomic mass is 10.2. The topological polar surface area (TPSA) is 60.1 Å². The van der Waals surface area contributed by atoms with Crippen molar-refractivity contribution in [3.8, 4) is 5.69 Å². The van der Waals surface area contributed by atoms with Crippen LogP contribution >= 0.6 is 23.2 Å². The van der Waals surface area contributed by atoms with Gasteiger partial charge in [0.25, 0.3) is 5.91 Å². The second-order valence-electron chi connectivity index (χ2n) is 6.96. The number of nitrogens with zero attached hydrogens (tertiary/aromatic N) is 2. The highest BCUT2D eigenvalue weighted by molar-refractivity contribution is 6.36. The van der Waals surface area contributed by atoms with Gasteiger partial charge in [0.1, 0.15) is 11.1 Å². The van der Waals surface area contributed by atoms with Crippen LogP contribution in [0, 0.1) is 6.92 Å². The molecule has 0 saturated carbocycles. The highest BCUT2D eigenvalue weighted by Gasteiger charge is 2.25. The highest BCUT2D eigenvalue weighted by Crippen LogP contribution is 2.35. The van der Waals surface area contributed by atoms with Crippen molar-refractivity contribution in [1.82, 2.24) is 9.78 Å². The molecule has 0 radical (unpaired) electrons. The number of carbonyl (C=O) groups excluding carboxylic acids is 1. The molecule has 0 fully saturated rings. The van der Waals surface area contributed by atoms with Crippen molar-refractivity contribution in [1.29, 1.82) is 0 Å². The number of rotatable bonds is 3. The third-order valence-corrected chi connectivity index (χ3v) is 5.37. The smallest absolute Gasteiger partial charge is 0.280 e. The fraction of sp³-hybridized carbons (Fsp3) is 0.0435. The van der Waals surface area contributed by atoms with Gasteiger partial charge in [-0.3, -0.25) is 4.79 Å². The number of para-hydroxylation sites is 1. The molecular formula is C23H15Cl2N3O2. The first-order valence-electron chi connectivity index (χ1n) is 9.25. The zero-order valence-corrected chi connectivity index (χ0v) is 17.3. The quantitative estimate of drug-likeness (QED) is 0.345. The molecule has 0 aliphatic carbocycles. The van der Waals surface area contributed by atoms with Crippen molar-refractivity contribution in [2.75, 3.05) is 5.32 Å². The van der Waals surface area contributed by atoms with E-state index in [1.54, 1.807) is 22.9 Å². The van der Waals surface area contributed by atoms with Crippen molar-refractivity contribution in [2.45, 2.75) is 6.92 Å². The van der Waals surface area contributed by atoms with Gasteiger partial charge in [-0.15, -0.1) is 0 Å². The lowest BCUT2D eigenvalue weighted by molar-refractivity contribution is 0.102. The van der Waals surface area contributed by atoms with E-state index < -0.39 is 0 Å². The van der Waals surface area contributed by atoms with Crippen LogP contribution in [0.2, 0.25) is 10.0 Å². The van der Waals surface area contributed by atoms with Gasteiger partial charge >= 0.3 is 0 Å². The Morgan fingerprint density at radius 2 is 1.83 bits per heavy atom. The number of aromatic nitrogens is 2. The van der Waals surface area contributed by atoms with E-state index >= 15 is 0 Å². The summed E-state index contributed by atoms with van der Waals surface area (Å²) in [5.74, 6) is -0.370. The Bertz CT molecular complexity index is 1420. The van der Waals surface area contributed by atoms with Crippen molar-refractivity contribution >= 4 is 56.9 Å². The predicted molar refractivity (Wildman–Crippen MR) is 120 cm³/mol. The van der Waals surface area contributed by atoms with Crippen LogP contribution in [0.4, 0.5) is 5.69 Å². The number of amides is 1. The minimum Gasteiger partial charge on any atom is -0.452 e. The first kappa shape index (κ1) is 18.7. The Hall–Kier alpha value is -3.28. The zero-order chi connectivity index (χ0) is 20.8. The molecule has 0 aliphatic rings. The van der Waals surface area contributed by atoms with E-state index in [1.807, 2.05) is 55.5 Å². The van der Waals surface area contributed by atoms with Gasteiger partial charge < -0.3 is 9.73 Å². The van der Waals surface area contributed by atoms with Crippen LogP contribution in [0.1, 0.15) is 16.1 Å². The Balaban J connectivity index is 1.75. The molecule has 0 bridgehead atoms. The molecule has 0 spiro atoms. The van der Waals surface area contributed by atoms with Crippen molar-refractivity contribution < 1.29 is 9.21 Å². The van der Waals surface area contributed by atoms with Crippen LogP contribution in [0.3, 0.4) is 0 Å². The van der Waals surface area contributed by atoms with Gasteiger partial charge in [-0.2, -0.15) is 5.10 Å². The lowest BCUT2D eigenvalue weighted by Crippen LogP contribution is -2.13. The van der Waals surface area contributed by atoms with Crippen LogP contribution in [0.5, 0.6) is 0 Å². The van der Waals surface area contributed by atoms with E-state index in [2.05, 4.69) is 10.4 Å². The van der Waals surface area contributed by atoms with Crippen LogP contribution in [0.25, 0.3) is 27.8 Å².